The number of nitrogen functional groups attached to an aromatic ring is 1. The molecule has 3 N–H and O–H groups in total. The molecule has 9 heteroatoms. The average Bonchev–Trinajstić information content (AvgIpc) is 2.75. The van der Waals surface area contributed by atoms with Gasteiger partial charge in [-0.3, -0.25) is 9.20 Å². The van der Waals surface area contributed by atoms with Crippen LogP contribution in [0, 0.1) is 23.0 Å². The fourth-order valence-corrected chi connectivity index (χ4v) is 3.42. The molecule has 1 aromatic carbocycles. The number of rotatable bonds is 5. The molecule has 31 heavy (non-hydrogen) atoms. The first-order valence-corrected chi connectivity index (χ1v) is 9.32. The summed E-state index contributed by atoms with van der Waals surface area (Å²) in [5.74, 6) is -0.573. The molecule has 3 aromatic heterocycles. The van der Waals surface area contributed by atoms with Crippen molar-refractivity contribution in [3.05, 3.63) is 88.1 Å². The Bertz CT molecular complexity index is 1380. The lowest BCUT2D eigenvalue weighted by atomic mass is 9.97. The fraction of sp³-hybridized carbons (Fsp3) is 0.0909. The predicted molar refractivity (Wildman–Crippen MR) is 112 cm³/mol. The molecule has 7 nitrogen and oxygen atoms in total. The number of halogens is 2. The van der Waals surface area contributed by atoms with Crippen LogP contribution in [0.1, 0.15) is 11.1 Å². The summed E-state index contributed by atoms with van der Waals surface area (Å²) in [6, 6.07) is 12.0. The van der Waals surface area contributed by atoms with Gasteiger partial charge in [0.15, 0.2) is 0 Å². The largest absolute Gasteiger partial charge is 0.382 e. The molecule has 0 aliphatic carbocycles. The van der Waals surface area contributed by atoms with Crippen LogP contribution in [0.2, 0.25) is 0 Å². The smallest absolute Gasteiger partial charge is 0.255 e. The molecule has 0 bridgehead atoms. The second-order valence-corrected chi connectivity index (χ2v) is 6.76. The molecule has 0 unspecified atom stereocenters. The van der Waals surface area contributed by atoms with Gasteiger partial charge in [0.1, 0.15) is 41.2 Å². The van der Waals surface area contributed by atoms with Crippen molar-refractivity contribution in [3.63, 3.8) is 0 Å². The topological polar surface area (TPSA) is 109 Å². The quantitative estimate of drug-likeness (QED) is 0.515. The van der Waals surface area contributed by atoms with Gasteiger partial charge in [-0.1, -0.05) is 12.1 Å². The maximum Gasteiger partial charge on any atom is 0.255 e. The second-order valence-electron chi connectivity index (χ2n) is 6.76. The van der Waals surface area contributed by atoms with Crippen LogP contribution in [0.25, 0.3) is 16.6 Å². The first-order valence-electron chi connectivity index (χ1n) is 9.32. The maximum absolute atomic E-state index is 13.7. The summed E-state index contributed by atoms with van der Waals surface area (Å²) in [5, 5.41) is 12.3. The number of nitrogens with one attached hydrogen (secondary N) is 1. The van der Waals surface area contributed by atoms with Gasteiger partial charge in [-0.05, 0) is 41.8 Å². The van der Waals surface area contributed by atoms with Crippen molar-refractivity contribution in [3.8, 4) is 17.2 Å². The van der Waals surface area contributed by atoms with Gasteiger partial charge in [-0.15, -0.1) is 0 Å². The van der Waals surface area contributed by atoms with Crippen molar-refractivity contribution < 1.29 is 8.78 Å². The molecule has 0 atom stereocenters. The van der Waals surface area contributed by atoms with Crippen LogP contribution in [0.15, 0.2) is 59.8 Å². The zero-order valence-electron chi connectivity index (χ0n) is 16.1. The third-order valence-electron chi connectivity index (χ3n) is 4.83. The number of hydrogen-bond acceptors (Lipinski definition) is 6. The molecule has 0 spiro atoms. The van der Waals surface area contributed by atoms with E-state index < -0.39 is 5.82 Å². The summed E-state index contributed by atoms with van der Waals surface area (Å²) in [4.78, 5) is 20.4. The highest BCUT2D eigenvalue weighted by molar-refractivity contribution is 5.83. The summed E-state index contributed by atoms with van der Waals surface area (Å²) in [6.45, 7) is 0.330. The predicted octanol–water partition coefficient (Wildman–Crippen LogP) is 3.14. The number of benzene rings is 1. The van der Waals surface area contributed by atoms with E-state index >= 15 is 0 Å². The molecule has 0 radical (unpaired) electrons. The van der Waals surface area contributed by atoms with E-state index in [9.17, 15) is 18.8 Å². The molecule has 4 aromatic rings. The maximum atomic E-state index is 13.7. The van der Waals surface area contributed by atoms with Gasteiger partial charge in [0, 0.05) is 24.4 Å². The monoisotopic (exact) mass is 418 g/mol. The Kier molecular flexibility index (Phi) is 5.28. The number of nitriles is 1. The van der Waals surface area contributed by atoms with Crippen molar-refractivity contribution in [2.75, 3.05) is 17.6 Å². The highest BCUT2D eigenvalue weighted by Gasteiger charge is 2.14. The molecular formula is C22H16F2N6O. The minimum Gasteiger partial charge on any atom is -0.382 e. The van der Waals surface area contributed by atoms with Crippen molar-refractivity contribution in [1.82, 2.24) is 14.4 Å². The van der Waals surface area contributed by atoms with Gasteiger partial charge in [0.25, 0.3) is 5.56 Å². The molecule has 0 saturated heterocycles. The molecule has 0 fully saturated rings. The van der Waals surface area contributed by atoms with Crippen LogP contribution in [-0.2, 0) is 6.42 Å². The zero-order chi connectivity index (χ0) is 22.0. The lowest BCUT2D eigenvalue weighted by Crippen LogP contribution is -2.17. The van der Waals surface area contributed by atoms with E-state index in [-0.39, 0.29) is 28.6 Å². The number of pyridine rings is 2. The number of aromatic nitrogens is 3. The Labute approximate surface area is 175 Å². The van der Waals surface area contributed by atoms with Gasteiger partial charge in [-0.25, -0.2) is 18.7 Å². The Morgan fingerprint density at radius 3 is 2.58 bits per heavy atom. The summed E-state index contributed by atoms with van der Waals surface area (Å²) >= 11 is 0. The fourth-order valence-electron chi connectivity index (χ4n) is 3.42. The average molecular weight is 418 g/mol. The van der Waals surface area contributed by atoms with Crippen LogP contribution < -0.4 is 16.6 Å². The normalized spacial score (nSPS) is 10.7. The third-order valence-corrected chi connectivity index (χ3v) is 4.83. The standard InChI is InChI=1S/C22H16F2N6O/c23-15-3-1-13(2-4-15)20-14(9-19(31)30-11-16(24)5-6-18(20)30)7-8-27-22-17(10-25)21(26)28-12-29-22/h1-6,9,11-12H,7-8H2,(H3,26,27,28,29). The first kappa shape index (κ1) is 20.0. The van der Waals surface area contributed by atoms with Gasteiger partial charge < -0.3 is 11.1 Å². The minimum absolute atomic E-state index is 0.0676. The lowest BCUT2D eigenvalue weighted by molar-refractivity contribution is 0.618. The van der Waals surface area contributed by atoms with Gasteiger partial charge in [0.2, 0.25) is 0 Å². The van der Waals surface area contributed by atoms with E-state index in [1.54, 1.807) is 12.1 Å². The van der Waals surface area contributed by atoms with Crippen molar-refractivity contribution in [1.29, 1.82) is 5.26 Å². The highest BCUT2D eigenvalue weighted by Crippen LogP contribution is 2.29. The highest BCUT2D eigenvalue weighted by atomic mass is 19.1. The van der Waals surface area contributed by atoms with Crippen LogP contribution in [0.5, 0.6) is 0 Å². The van der Waals surface area contributed by atoms with Crippen molar-refractivity contribution >= 4 is 17.2 Å². The Balaban J connectivity index is 1.75. The molecular weight excluding hydrogens is 402 g/mol. The Morgan fingerprint density at radius 1 is 1.10 bits per heavy atom. The molecule has 0 aliphatic rings. The molecule has 0 amide bonds. The van der Waals surface area contributed by atoms with Crippen molar-refractivity contribution in [2.45, 2.75) is 6.42 Å². The number of nitrogens with zero attached hydrogens (tertiary/aromatic N) is 4. The molecule has 154 valence electrons. The van der Waals surface area contributed by atoms with Crippen LogP contribution in [0.3, 0.4) is 0 Å². The minimum atomic E-state index is -0.542. The Hall–Kier alpha value is -4.32. The van der Waals surface area contributed by atoms with Gasteiger partial charge >= 0.3 is 0 Å². The molecule has 0 aliphatic heterocycles. The van der Waals surface area contributed by atoms with Gasteiger partial charge in [-0.2, -0.15) is 5.26 Å². The summed E-state index contributed by atoms with van der Waals surface area (Å²) < 4.78 is 28.4. The van der Waals surface area contributed by atoms with E-state index in [0.29, 0.717) is 35.2 Å². The van der Waals surface area contributed by atoms with Crippen molar-refractivity contribution in [2.24, 2.45) is 0 Å². The number of anilines is 2. The first-order chi connectivity index (χ1) is 15.0. The lowest BCUT2D eigenvalue weighted by Gasteiger charge is -2.15. The van der Waals surface area contributed by atoms with Crippen LogP contribution in [0.4, 0.5) is 20.4 Å². The summed E-state index contributed by atoms with van der Waals surface area (Å²) in [7, 11) is 0. The van der Waals surface area contributed by atoms with Crippen LogP contribution in [-0.4, -0.2) is 20.9 Å². The SMILES string of the molecule is N#Cc1c(N)ncnc1NCCc1cc(=O)n2cc(F)ccc2c1-c1ccc(F)cc1. The van der Waals surface area contributed by atoms with E-state index in [1.165, 1.54) is 41.1 Å². The summed E-state index contributed by atoms with van der Waals surface area (Å²) in [5.41, 5.74) is 7.99. The van der Waals surface area contributed by atoms with Gasteiger partial charge in [0.05, 0.1) is 5.52 Å². The zero-order valence-corrected chi connectivity index (χ0v) is 16.1. The Morgan fingerprint density at radius 2 is 1.84 bits per heavy atom. The van der Waals surface area contributed by atoms with Crippen LogP contribution >= 0.6 is 0 Å². The van der Waals surface area contributed by atoms with E-state index in [1.807, 2.05) is 6.07 Å². The molecule has 0 saturated carbocycles. The number of nitrogens with two attached hydrogens (primary N) is 1. The molecule has 3 heterocycles. The number of fused-ring (bicyclic) bond motifs is 1. The molecule has 4 rings (SSSR count). The van der Waals surface area contributed by atoms with E-state index in [0.717, 1.165) is 6.20 Å². The van der Waals surface area contributed by atoms with E-state index in [4.69, 9.17) is 5.73 Å². The summed E-state index contributed by atoms with van der Waals surface area (Å²) in [6.07, 6.45) is 2.75. The third kappa shape index (κ3) is 3.91. The number of hydrogen-bond donors (Lipinski definition) is 2. The van der Waals surface area contributed by atoms with E-state index in [2.05, 4.69) is 15.3 Å². The second kappa shape index (κ2) is 8.20.